The Bertz CT molecular complexity index is 826. The second-order valence-electron chi connectivity index (χ2n) is 5.86. The van der Waals surface area contributed by atoms with Gasteiger partial charge in [0.25, 0.3) is 0 Å². The van der Waals surface area contributed by atoms with Gasteiger partial charge in [-0.25, -0.2) is 0 Å². The van der Waals surface area contributed by atoms with Crippen molar-refractivity contribution in [3.05, 3.63) is 52.9 Å². The van der Waals surface area contributed by atoms with Gasteiger partial charge >= 0.3 is 6.18 Å². The van der Waals surface area contributed by atoms with E-state index in [9.17, 15) is 18.0 Å². The van der Waals surface area contributed by atoms with Crippen LogP contribution in [0.4, 0.5) is 13.2 Å². The summed E-state index contributed by atoms with van der Waals surface area (Å²) in [4.78, 5) is 12.3. The molecule has 1 aromatic carbocycles. The van der Waals surface area contributed by atoms with E-state index in [1.807, 2.05) is 6.92 Å². The highest BCUT2D eigenvalue weighted by Gasteiger charge is 2.27. The SMILES string of the molecule is CCn1cc(C(=O)/C=C/c2ccc(OC)c(COCC(F)(F)F)c2)c(C)n1. The molecule has 2 rings (SSSR count). The van der Waals surface area contributed by atoms with Crippen LogP contribution < -0.4 is 4.74 Å². The van der Waals surface area contributed by atoms with Crippen LogP contribution in [-0.4, -0.2) is 35.5 Å². The first kappa shape index (κ1) is 20.7. The zero-order chi connectivity index (χ0) is 20.0. The van der Waals surface area contributed by atoms with Crippen LogP contribution in [0.15, 0.2) is 30.5 Å². The summed E-state index contributed by atoms with van der Waals surface area (Å²) in [7, 11) is 1.43. The van der Waals surface area contributed by atoms with Crippen LogP contribution in [0.3, 0.4) is 0 Å². The molecule has 0 fully saturated rings. The lowest BCUT2D eigenvalue weighted by Crippen LogP contribution is -2.16. The molecule has 0 N–H and O–H groups in total. The predicted octanol–water partition coefficient (Wildman–Crippen LogP) is 4.20. The summed E-state index contributed by atoms with van der Waals surface area (Å²) < 4.78 is 48.2. The number of nitrogens with zero attached hydrogens (tertiary/aromatic N) is 2. The van der Waals surface area contributed by atoms with Crippen LogP contribution in [0.2, 0.25) is 0 Å². The lowest BCUT2D eigenvalue weighted by Gasteiger charge is -2.11. The summed E-state index contributed by atoms with van der Waals surface area (Å²) in [6.07, 6.45) is 0.300. The Balaban J connectivity index is 2.13. The number of ether oxygens (including phenoxy) is 2. The van der Waals surface area contributed by atoms with E-state index in [4.69, 9.17) is 9.47 Å². The van der Waals surface area contributed by atoms with E-state index in [1.54, 1.807) is 42.1 Å². The Morgan fingerprint density at radius 3 is 2.67 bits per heavy atom. The number of aromatic nitrogens is 2. The Hall–Kier alpha value is -2.61. The number of methoxy groups -OCH3 is 1. The Morgan fingerprint density at radius 1 is 1.33 bits per heavy atom. The maximum absolute atomic E-state index is 12.3. The Kier molecular flexibility index (Phi) is 6.79. The van der Waals surface area contributed by atoms with E-state index >= 15 is 0 Å². The fraction of sp³-hybridized carbons (Fsp3) is 0.368. The number of allylic oxidation sites excluding steroid dienone is 1. The van der Waals surface area contributed by atoms with Crippen molar-refractivity contribution in [2.24, 2.45) is 0 Å². The van der Waals surface area contributed by atoms with Gasteiger partial charge < -0.3 is 9.47 Å². The van der Waals surface area contributed by atoms with E-state index in [0.717, 1.165) is 0 Å². The highest BCUT2D eigenvalue weighted by atomic mass is 19.4. The molecule has 0 amide bonds. The lowest BCUT2D eigenvalue weighted by molar-refractivity contribution is -0.176. The molecule has 8 heteroatoms. The molecule has 0 aliphatic heterocycles. The van der Waals surface area contributed by atoms with Crippen molar-refractivity contribution in [1.82, 2.24) is 9.78 Å². The zero-order valence-electron chi connectivity index (χ0n) is 15.3. The van der Waals surface area contributed by atoms with Gasteiger partial charge in [0.05, 0.1) is 25.0 Å². The second-order valence-corrected chi connectivity index (χ2v) is 5.86. The van der Waals surface area contributed by atoms with Gasteiger partial charge in [-0.3, -0.25) is 9.48 Å². The summed E-state index contributed by atoms with van der Waals surface area (Å²) in [6.45, 7) is 2.76. The van der Waals surface area contributed by atoms with Crippen molar-refractivity contribution in [2.45, 2.75) is 33.2 Å². The first-order chi connectivity index (χ1) is 12.7. The maximum atomic E-state index is 12.3. The molecule has 5 nitrogen and oxygen atoms in total. The second kappa shape index (κ2) is 8.85. The van der Waals surface area contributed by atoms with Crippen molar-refractivity contribution >= 4 is 11.9 Å². The molecule has 0 aliphatic rings. The topological polar surface area (TPSA) is 53.4 Å². The van der Waals surface area contributed by atoms with Gasteiger partial charge in [0.15, 0.2) is 5.78 Å². The van der Waals surface area contributed by atoms with E-state index < -0.39 is 12.8 Å². The van der Waals surface area contributed by atoms with Crippen LogP contribution >= 0.6 is 0 Å². The molecule has 1 aromatic heterocycles. The number of halogens is 3. The number of carbonyl (C=O) groups excluding carboxylic acids is 1. The van der Waals surface area contributed by atoms with Gasteiger partial charge in [-0.05, 0) is 37.6 Å². The number of carbonyl (C=O) groups is 1. The summed E-state index contributed by atoms with van der Waals surface area (Å²) in [5.41, 5.74) is 2.26. The number of aryl methyl sites for hydroxylation is 2. The van der Waals surface area contributed by atoms with Gasteiger partial charge in [-0.1, -0.05) is 12.1 Å². The molecule has 146 valence electrons. The first-order valence-electron chi connectivity index (χ1n) is 8.31. The molecular formula is C19H21F3N2O3. The molecule has 1 heterocycles. The van der Waals surface area contributed by atoms with Crippen molar-refractivity contribution in [3.8, 4) is 5.75 Å². The van der Waals surface area contributed by atoms with E-state index in [0.29, 0.717) is 34.7 Å². The van der Waals surface area contributed by atoms with E-state index in [-0.39, 0.29) is 12.4 Å². The van der Waals surface area contributed by atoms with Crippen LogP contribution in [-0.2, 0) is 17.9 Å². The van der Waals surface area contributed by atoms with E-state index in [2.05, 4.69) is 5.10 Å². The fourth-order valence-corrected chi connectivity index (χ4v) is 2.48. The lowest BCUT2D eigenvalue weighted by atomic mass is 10.1. The number of benzene rings is 1. The highest BCUT2D eigenvalue weighted by molar-refractivity contribution is 6.07. The average molecular weight is 382 g/mol. The summed E-state index contributed by atoms with van der Waals surface area (Å²) in [5.74, 6) is 0.221. The molecular weight excluding hydrogens is 361 g/mol. The minimum absolute atomic E-state index is 0.196. The van der Waals surface area contributed by atoms with E-state index in [1.165, 1.54) is 13.2 Å². The first-order valence-corrected chi connectivity index (χ1v) is 8.31. The third-order valence-electron chi connectivity index (χ3n) is 3.79. The van der Waals surface area contributed by atoms with Gasteiger partial charge in [0.2, 0.25) is 0 Å². The predicted molar refractivity (Wildman–Crippen MR) is 94.7 cm³/mol. The smallest absolute Gasteiger partial charge is 0.411 e. The molecule has 0 saturated heterocycles. The van der Waals surface area contributed by atoms with Crippen molar-refractivity contribution in [3.63, 3.8) is 0 Å². The monoisotopic (exact) mass is 382 g/mol. The summed E-state index contributed by atoms with van der Waals surface area (Å²) in [5, 5.41) is 4.23. The number of ketones is 1. The quantitative estimate of drug-likeness (QED) is 0.507. The van der Waals surface area contributed by atoms with Gasteiger partial charge in [0, 0.05) is 18.3 Å². The summed E-state index contributed by atoms with van der Waals surface area (Å²) in [6, 6.07) is 4.95. The largest absolute Gasteiger partial charge is 0.496 e. The van der Waals surface area contributed by atoms with Gasteiger partial charge in [-0.2, -0.15) is 18.3 Å². The molecule has 0 radical (unpaired) electrons. The van der Waals surface area contributed by atoms with Gasteiger partial charge in [-0.15, -0.1) is 0 Å². The van der Waals surface area contributed by atoms with Crippen LogP contribution in [0.1, 0.15) is 34.1 Å². The minimum atomic E-state index is -4.39. The Morgan fingerprint density at radius 2 is 2.07 bits per heavy atom. The molecule has 0 bridgehead atoms. The number of hydrogen-bond acceptors (Lipinski definition) is 4. The number of hydrogen-bond donors (Lipinski definition) is 0. The third-order valence-corrected chi connectivity index (χ3v) is 3.79. The molecule has 0 aliphatic carbocycles. The molecule has 2 aromatic rings. The fourth-order valence-electron chi connectivity index (χ4n) is 2.48. The summed E-state index contributed by atoms with van der Waals surface area (Å²) >= 11 is 0. The zero-order valence-corrected chi connectivity index (χ0v) is 15.3. The molecule has 0 atom stereocenters. The van der Waals surface area contributed by atoms with Crippen molar-refractivity contribution in [2.75, 3.05) is 13.7 Å². The third kappa shape index (κ3) is 5.96. The van der Waals surface area contributed by atoms with Crippen molar-refractivity contribution in [1.29, 1.82) is 0 Å². The molecule has 27 heavy (non-hydrogen) atoms. The van der Waals surface area contributed by atoms with Crippen molar-refractivity contribution < 1.29 is 27.4 Å². The van der Waals surface area contributed by atoms with Crippen LogP contribution in [0.25, 0.3) is 6.08 Å². The van der Waals surface area contributed by atoms with Gasteiger partial charge in [0.1, 0.15) is 12.4 Å². The molecule has 0 unspecified atom stereocenters. The molecule has 0 spiro atoms. The number of alkyl halides is 3. The van der Waals surface area contributed by atoms with Crippen LogP contribution in [0, 0.1) is 6.92 Å². The normalized spacial score (nSPS) is 11.9. The molecule has 0 saturated carbocycles. The Labute approximate surface area is 155 Å². The minimum Gasteiger partial charge on any atom is -0.496 e. The average Bonchev–Trinajstić information content (AvgIpc) is 3.00. The number of rotatable bonds is 8. The highest BCUT2D eigenvalue weighted by Crippen LogP contribution is 2.23. The maximum Gasteiger partial charge on any atom is 0.411 e. The standard InChI is InChI=1S/C19H21F3N2O3/c1-4-24-10-16(13(2)23-24)17(25)7-5-14-6-8-18(26-3)15(9-14)11-27-12-19(20,21)22/h5-10H,4,11-12H2,1-3H3/b7-5+. The van der Waals surface area contributed by atoms with Crippen LogP contribution in [0.5, 0.6) is 5.75 Å².